The summed E-state index contributed by atoms with van der Waals surface area (Å²) in [6.07, 6.45) is 0. The van der Waals surface area contributed by atoms with Gasteiger partial charge in [-0.2, -0.15) is 0 Å². The molecule has 0 spiro atoms. The fraction of sp³-hybridized carbons (Fsp3) is 0. The second kappa shape index (κ2) is 3.39. The lowest BCUT2D eigenvalue weighted by molar-refractivity contribution is 0.472. The number of hydrogen-bond acceptors (Lipinski definition) is 4. The molecule has 13 heavy (non-hydrogen) atoms. The summed E-state index contributed by atoms with van der Waals surface area (Å²) in [7, 11) is 0. The van der Waals surface area contributed by atoms with Crippen LogP contribution in [0.5, 0.6) is 10.9 Å². The zero-order chi connectivity index (χ0) is 9.26. The summed E-state index contributed by atoms with van der Waals surface area (Å²) in [5.41, 5.74) is 5.53. The largest absolute Gasteiger partial charge is 0.426 e. The van der Waals surface area contributed by atoms with Crippen LogP contribution < -0.4 is 10.5 Å². The number of H-pyrrole nitrogens is 1. The van der Waals surface area contributed by atoms with Crippen molar-refractivity contribution in [1.82, 2.24) is 10.2 Å². The van der Waals surface area contributed by atoms with Crippen LogP contribution in [-0.4, -0.2) is 10.2 Å². The van der Waals surface area contributed by atoms with Gasteiger partial charge in [-0.05, 0) is 33.4 Å². The molecule has 0 radical (unpaired) electrons. The van der Waals surface area contributed by atoms with Gasteiger partial charge in [-0.1, -0.05) is 0 Å². The second-order valence-electron chi connectivity index (χ2n) is 2.29. The third-order valence-electron chi connectivity index (χ3n) is 1.39. The molecule has 2 aromatic heterocycles. The third kappa shape index (κ3) is 1.68. The number of aromatic nitrogens is 2. The summed E-state index contributed by atoms with van der Waals surface area (Å²) < 4.78 is 6.07. The quantitative estimate of drug-likeness (QED) is 0.872. The Hall–Kier alpha value is -1.01. The molecule has 0 aromatic carbocycles. The Kier molecular flexibility index (Phi) is 2.24. The van der Waals surface area contributed by atoms with Gasteiger partial charge < -0.3 is 10.5 Å². The van der Waals surface area contributed by atoms with E-state index in [0.29, 0.717) is 16.2 Å². The number of hydrogen-bond donors (Lipinski definition) is 2. The van der Waals surface area contributed by atoms with E-state index in [9.17, 15) is 0 Å². The number of nitrogens with zero attached hydrogens (tertiary/aromatic N) is 1. The minimum atomic E-state index is 0.458. The van der Waals surface area contributed by atoms with Crippen LogP contribution in [0.3, 0.4) is 0 Å². The molecule has 0 aliphatic carbocycles. The van der Waals surface area contributed by atoms with Crippen LogP contribution in [0.15, 0.2) is 22.0 Å². The number of ether oxygens (including phenoxy) is 1. The van der Waals surface area contributed by atoms with Gasteiger partial charge in [0.05, 0.1) is 0 Å². The molecule has 0 aliphatic heterocycles. The molecule has 3 N–H and O–H groups in total. The van der Waals surface area contributed by atoms with Gasteiger partial charge in [0, 0.05) is 0 Å². The third-order valence-corrected chi connectivity index (χ3v) is 2.91. The number of nitrogens with one attached hydrogen (secondary N) is 1. The van der Waals surface area contributed by atoms with E-state index in [-0.39, 0.29) is 0 Å². The van der Waals surface area contributed by atoms with Crippen LogP contribution in [0.4, 0.5) is 5.82 Å². The van der Waals surface area contributed by atoms with E-state index >= 15 is 0 Å². The Bertz CT molecular complexity index is 398. The highest BCUT2D eigenvalue weighted by Crippen LogP contribution is 2.32. The number of rotatable bonds is 2. The van der Waals surface area contributed by atoms with Crippen LogP contribution in [0, 0.1) is 0 Å². The van der Waals surface area contributed by atoms with Crippen molar-refractivity contribution in [2.45, 2.75) is 0 Å². The average molecular weight is 260 g/mol. The maximum atomic E-state index is 5.53. The first-order valence-electron chi connectivity index (χ1n) is 3.48. The smallest absolute Gasteiger partial charge is 0.255 e. The number of nitrogens with two attached hydrogens (primary N) is 1. The van der Waals surface area contributed by atoms with Crippen molar-refractivity contribution in [2.75, 3.05) is 5.73 Å². The molecule has 68 valence electrons. The van der Waals surface area contributed by atoms with E-state index in [1.807, 2.05) is 17.5 Å². The van der Waals surface area contributed by atoms with Crippen LogP contribution >= 0.6 is 27.3 Å². The molecule has 6 heteroatoms. The second-order valence-corrected chi connectivity index (χ2v) is 3.99. The maximum absolute atomic E-state index is 5.53. The van der Waals surface area contributed by atoms with Crippen molar-refractivity contribution < 1.29 is 4.74 Å². The molecule has 2 rings (SSSR count). The highest BCUT2D eigenvalue weighted by molar-refractivity contribution is 9.10. The number of thiophene rings is 1. The van der Waals surface area contributed by atoms with Crippen molar-refractivity contribution in [3.8, 4) is 10.9 Å². The van der Waals surface area contributed by atoms with Gasteiger partial charge in [-0.25, -0.2) is 0 Å². The number of nitrogen functional groups attached to an aromatic ring is 1. The van der Waals surface area contributed by atoms with Crippen LogP contribution in [0.25, 0.3) is 0 Å². The van der Waals surface area contributed by atoms with E-state index in [0.717, 1.165) is 5.06 Å². The van der Waals surface area contributed by atoms with Crippen molar-refractivity contribution in [1.29, 1.82) is 0 Å². The molecule has 4 nitrogen and oxygen atoms in total. The summed E-state index contributed by atoms with van der Waals surface area (Å²) in [5.74, 6) is 0.923. The molecule has 0 aliphatic rings. The Morgan fingerprint density at radius 3 is 3.00 bits per heavy atom. The lowest BCUT2D eigenvalue weighted by Crippen LogP contribution is -1.83. The van der Waals surface area contributed by atoms with Gasteiger partial charge in [-0.15, -0.1) is 16.4 Å². The summed E-state index contributed by atoms with van der Waals surface area (Å²) in [6.45, 7) is 0. The number of halogens is 1. The van der Waals surface area contributed by atoms with E-state index in [2.05, 4.69) is 26.1 Å². The van der Waals surface area contributed by atoms with Gasteiger partial charge in [-0.3, -0.25) is 5.10 Å². The Morgan fingerprint density at radius 1 is 1.62 bits per heavy atom. The van der Waals surface area contributed by atoms with Crippen molar-refractivity contribution in [3.63, 3.8) is 0 Å². The Balaban J connectivity index is 2.24. The zero-order valence-corrected chi connectivity index (χ0v) is 8.85. The lowest BCUT2D eigenvalue weighted by atomic mass is 10.6. The number of anilines is 1. The number of aromatic amines is 1. The molecular formula is C7H6BrN3OS. The first-order valence-corrected chi connectivity index (χ1v) is 5.15. The van der Waals surface area contributed by atoms with E-state index < -0.39 is 0 Å². The fourth-order valence-corrected chi connectivity index (χ4v) is 1.64. The van der Waals surface area contributed by atoms with Crippen LogP contribution in [0.1, 0.15) is 0 Å². The molecule has 2 aromatic rings. The highest BCUT2D eigenvalue weighted by atomic mass is 79.9. The molecule has 0 saturated heterocycles. The van der Waals surface area contributed by atoms with E-state index in [4.69, 9.17) is 10.5 Å². The minimum absolute atomic E-state index is 0.458. The SMILES string of the molecule is Nc1[nH]nc(Oc2cccs2)c1Br. The van der Waals surface area contributed by atoms with E-state index in [1.165, 1.54) is 11.3 Å². The molecular weight excluding hydrogens is 254 g/mol. The molecule has 0 amide bonds. The van der Waals surface area contributed by atoms with Crippen LogP contribution in [-0.2, 0) is 0 Å². The van der Waals surface area contributed by atoms with E-state index in [1.54, 1.807) is 0 Å². The monoisotopic (exact) mass is 259 g/mol. The molecule has 0 bridgehead atoms. The predicted molar refractivity (Wildman–Crippen MR) is 55.1 cm³/mol. The molecule has 2 heterocycles. The average Bonchev–Trinajstić information content (AvgIpc) is 2.71. The van der Waals surface area contributed by atoms with Crippen molar-refractivity contribution >= 4 is 33.1 Å². The minimum Gasteiger partial charge on any atom is -0.426 e. The summed E-state index contributed by atoms with van der Waals surface area (Å²) in [4.78, 5) is 0. The van der Waals surface area contributed by atoms with Gasteiger partial charge >= 0.3 is 0 Å². The standard InChI is InChI=1S/C7H6BrN3OS/c8-5-6(9)10-11-7(5)12-4-2-1-3-13-4/h1-3H,(H3,9,10,11). The Morgan fingerprint density at radius 2 is 2.46 bits per heavy atom. The molecule has 0 unspecified atom stereocenters. The van der Waals surface area contributed by atoms with Gasteiger partial charge in [0.25, 0.3) is 5.88 Å². The fourth-order valence-electron chi connectivity index (χ4n) is 0.809. The lowest BCUT2D eigenvalue weighted by Gasteiger charge is -1.96. The van der Waals surface area contributed by atoms with Gasteiger partial charge in [0.15, 0.2) is 5.06 Å². The molecule has 0 fully saturated rings. The summed E-state index contributed by atoms with van der Waals surface area (Å²) in [6, 6.07) is 3.77. The maximum Gasteiger partial charge on any atom is 0.255 e. The molecule has 0 saturated carbocycles. The zero-order valence-electron chi connectivity index (χ0n) is 6.45. The first-order chi connectivity index (χ1) is 6.27. The van der Waals surface area contributed by atoms with Crippen LogP contribution in [0.2, 0.25) is 0 Å². The first kappa shape index (κ1) is 8.58. The van der Waals surface area contributed by atoms with Gasteiger partial charge in [0.1, 0.15) is 10.3 Å². The van der Waals surface area contributed by atoms with Gasteiger partial charge in [0.2, 0.25) is 0 Å². The van der Waals surface area contributed by atoms with Crippen molar-refractivity contribution in [2.24, 2.45) is 0 Å². The van der Waals surface area contributed by atoms with Crippen molar-refractivity contribution in [3.05, 3.63) is 22.0 Å². The molecule has 0 atom stereocenters. The summed E-state index contributed by atoms with van der Waals surface area (Å²) in [5, 5.41) is 9.20. The predicted octanol–water partition coefficient (Wildman–Crippen LogP) is 2.61. The highest BCUT2D eigenvalue weighted by Gasteiger charge is 2.09. The summed E-state index contributed by atoms with van der Waals surface area (Å²) >= 11 is 4.75. The topological polar surface area (TPSA) is 63.9 Å². The Labute approximate surface area is 86.8 Å². The normalized spacial score (nSPS) is 10.2.